The number of fused-ring (bicyclic) bond motifs is 1. The molecule has 0 unspecified atom stereocenters. The van der Waals surface area contributed by atoms with Crippen molar-refractivity contribution < 1.29 is 8.42 Å². The number of H-pyrrole nitrogens is 1. The first-order valence-electron chi connectivity index (χ1n) is 3.89. The molecule has 0 bridgehead atoms. The number of benzene rings is 1. The van der Waals surface area contributed by atoms with Crippen molar-refractivity contribution in [3.63, 3.8) is 0 Å². The van der Waals surface area contributed by atoms with Crippen LogP contribution < -0.4 is 0 Å². The minimum absolute atomic E-state index is 0.163. The topological polar surface area (TPSA) is 62.8 Å². The van der Waals surface area contributed by atoms with Crippen molar-refractivity contribution >= 4 is 30.8 Å². The summed E-state index contributed by atoms with van der Waals surface area (Å²) in [4.78, 5) is 6.91. The number of nitrogens with zero attached hydrogens (tertiary/aromatic N) is 1. The van der Waals surface area contributed by atoms with E-state index >= 15 is 0 Å². The maximum Gasteiger partial charge on any atom is 0.236 e. The minimum Gasteiger partial charge on any atom is -0.345 e. The third-order valence-electron chi connectivity index (χ3n) is 1.82. The van der Waals surface area contributed by atoms with Gasteiger partial charge in [-0.15, -0.1) is 0 Å². The number of hydrogen-bond acceptors (Lipinski definition) is 3. The summed E-state index contributed by atoms with van der Waals surface area (Å²) in [5.41, 5.74) is 2.26. The molecule has 0 fully saturated rings. The van der Waals surface area contributed by atoms with Crippen LogP contribution in [0.3, 0.4) is 0 Å². The van der Waals surface area contributed by atoms with Crippen molar-refractivity contribution in [1.82, 2.24) is 9.97 Å². The molecular formula is C8H7ClN2O2S. The van der Waals surface area contributed by atoms with Gasteiger partial charge in [-0.3, -0.25) is 0 Å². The lowest BCUT2D eigenvalue weighted by Gasteiger charge is -1.97. The van der Waals surface area contributed by atoms with Crippen LogP contribution in [0.2, 0.25) is 0 Å². The summed E-state index contributed by atoms with van der Waals surface area (Å²) in [5.74, 6) is -0.163. The van der Waals surface area contributed by atoms with Gasteiger partial charge >= 0.3 is 0 Å². The molecule has 6 heteroatoms. The van der Waals surface area contributed by atoms with Crippen LogP contribution in [0, 0.1) is 0 Å². The Morgan fingerprint density at radius 3 is 2.93 bits per heavy atom. The molecule has 0 aliphatic rings. The average Bonchev–Trinajstić information content (AvgIpc) is 2.47. The van der Waals surface area contributed by atoms with Gasteiger partial charge in [0.2, 0.25) is 9.05 Å². The number of rotatable bonds is 2. The second-order valence-corrected chi connectivity index (χ2v) is 5.71. The Hall–Kier alpha value is -1.07. The Morgan fingerprint density at radius 2 is 2.21 bits per heavy atom. The van der Waals surface area contributed by atoms with Gasteiger partial charge in [0.1, 0.15) is 0 Å². The summed E-state index contributed by atoms with van der Waals surface area (Å²) in [6.07, 6.45) is 1.56. The van der Waals surface area contributed by atoms with Crippen LogP contribution in [0.15, 0.2) is 24.5 Å². The van der Waals surface area contributed by atoms with Crippen LogP contribution in [-0.4, -0.2) is 18.4 Å². The van der Waals surface area contributed by atoms with Crippen LogP contribution in [0.5, 0.6) is 0 Å². The Bertz CT molecular complexity index is 561. The molecule has 14 heavy (non-hydrogen) atoms. The van der Waals surface area contributed by atoms with Crippen molar-refractivity contribution in [2.45, 2.75) is 5.75 Å². The summed E-state index contributed by atoms with van der Waals surface area (Å²) < 4.78 is 21.6. The Morgan fingerprint density at radius 1 is 1.43 bits per heavy atom. The number of imidazole rings is 1. The standard InChI is InChI=1S/C8H7ClN2O2S/c9-14(12,13)4-6-1-2-7-8(3-6)11-5-10-7/h1-3,5H,4H2,(H,10,11). The zero-order valence-electron chi connectivity index (χ0n) is 7.07. The highest BCUT2D eigenvalue weighted by atomic mass is 35.7. The summed E-state index contributed by atoms with van der Waals surface area (Å²) in [7, 11) is 1.65. The molecule has 0 atom stereocenters. The van der Waals surface area contributed by atoms with Gasteiger partial charge in [0, 0.05) is 10.7 Å². The predicted molar refractivity (Wildman–Crippen MR) is 54.6 cm³/mol. The van der Waals surface area contributed by atoms with Crippen LogP contribution in [0.1, 0.15) is 5.56 Å². The molecule has 0 spiro atoms. The second kappa shape index (κ2) is 3.25. The summed E-state index contributed by atoms with van der Waals surface area (Å²) in [6, 6.07) is 5.18. The first-order chi connectivity index (χ1) is 6.54. The summed E-state index contributed by atoms with van der Waals surface area (Å²) >= 11 is 0. The quantitative estimate of drug-likeness (QED) is 0.798. The Kier molecular flexibility index (Phi) is 2.20. The van der Waals surface area contributed by atoms with Crippen LogP contribution in [0.4, 0.5) is 0 Å². The maximum atomic E-state index is 10.8. The van der Waals surface area contributed by atoms with E-state index < -0.39 is 9.05 Å². The third-order valence-corrected chi connectivity index (χ3v) is 2.83. The van der Waals surface area contributed by atoms with E-state index in [1.54, 1.807) is 24.5 Å². The van der Waals surface area contributed by atoms with Gasteiger partial charge in [-0.25, -0.2) is 13.4 Å². The van der Waals surface area contributed by atoms with Gasteiger partial charge in [-0.1, -0.05) is 6.07 Å². The zero-order chi connectivity index (χ0) is 10.2. The molecule has 74 valence electrons. The smallest absolute Gasteiger partial charge is 0.236 e. The number of aromatic nitrogens is 2. The lowest BCUT2D eigenvalue weighted by Crippen LogP contribution is -1.94. The lowest BCUT2D eigenvalue weighted by molar-refractivity contribution is 0.609. The predicted octanol–water partition coefficient (Wildman–Crippen LogP) is 1.63. The SMILES string of the molecule is O=S(=O)(Cl)Cc1ccc2nc[nH]c2c1. The van der Waals surface area contributed by atoms with E-state index in [2.05, 4.69) is 9.97 Å². The van der Waals surface area contributed by atoms with Crippen molar-refractivity contribution in [3.05, 3.63) is 30.1 Å². The lowest BCUT2D eigenvalue weighted by atomic mass is 10.2. The van der Waals surface area contributed by atoms with Gasteiger partial charge in [0.25, 0.3) is 0 Å². The summed E-state index contributed by atoms with van der Waals surface area (Å²) in [6.45, 7) is 0. The molecule has 0 amide bonds. The first-order valence-corrected chi connectivity index (χ1v) is 6.37. The van der Waals surface area contributed by atoms with E-state index in [9.17, 15) is 8.42 Å². The molecule has 0 saturated heterocycles. The fourth-order valence-corrected chi connectivity index (χ4v) is 2.23. The van der Waals surface area contributed by atoms with E-state index in [0.717, 1.165) is 11.0 Å². The van der Waals surface area contributed by atoms with Gasteiger partial charge in [0.05, 0.1) is 23.1 Å². The molecule has 1 heterocycles. The largest absolute Gasteiger partial charge is 0.345 e. The van der Waals surface area contributed by atoms with E-state index in [0.29, 0.717) is 5.56 Å². The zero-order valence-corrected chi connectivity index (χ0v) is 8.64. The molecule has 0 aliphatic heterocycles. The van der Waals surface area contributed by atoms with Crippen molar-refractivity contribution in [3.8, 4) is 0 Å². The molecule has 2 aromatic rings. The highest BCUT2D eigenvalue weighted by Gasteiger charge is 2.07. The number of nitrogens with one attached hydrogen (secondary N) is 1. The van der Waals surface area contributed by atoms with Gasteiger partial charge < -0.3 is 4.98 Å². The maximum absolute atomic E-state index is 10.8. The highest BCUT2D eigenvalue weighted by molar-refractivity contribution is 8.13. The summed E-state index contributed by atoms with van der Waals surface area (Å²) in [5, 5.41) is 0. The van der Waals surface area contributed by atoms with E-state index in [1.807, 2.05) is 0 Å². The van der Waals surface area contributed by atoms with Gasteiger partial charge in [0.15, 0.2) is 0 Å². The van der Waals surface area contributed by atoms with Gasteiger partial charge in [-0.05, 0) is 17.7 Å². The molecule has 0 radical (unpaired) electrons. The molecule has 2 rings (SSSR count). The molecule has 1 aromatic carbocycles. The fraction of sp³-hybridized carbons (Fsp3) is 0.125. The molecular weight excluding hydrogens is 224 g/mol. The minimum atomic E-state index is -3.49. The Balaban J connectivity index is 2.44. The second-order valence-electron chi connectivity index (χ2n) is 2.94. The van der Waals surface area contributed by atoms with Crippen molar-refractivity contribution in [2.24, 2.45) is 0 Å². The molecule has 4 nitrogen and oxygen atoms in total. The molecule has 0 saturated carbocycles. The van der Waals surface area contributed by atoms with E-state index in [4.69, 9.17) is 10.7 Å². The molecule has 0 aliphatic carbocycles. The van der Waals surface area contributed by atoms with Crippen LogP contribution in [-0.2, 0) is 14.8 Å². The van der Waals surface area contributed by atoms with E-state index in [1.165, 1.54) is 0 Å². The van der Waals surface area contributed by atoms with Crippen molar-refractivity contribution in [1.29, 1.82) is 0 Å². The Labute approximate surface area is 85.3 Å². The third kappa shape index (κ3) is 2.05. The first kappa shape index (κ1) is 9.48. The average molecular weight is 231 g/mol. The van der Waals surface area contributed by atoms with E-state index in [-0.39, 0.29) is 5.75 Å². The monoisotopic (exact) mass is 230 g/mol. The normalized spacial score (nSPS) is 12.1. The number of halogens is 1. The molecule has 1 aromatic heterocycles. The van der Waals surface area contributed by atoms with Gasteiger partial charge in [-0.2, -0.15) is 0 Å². The highest BCUT2D eigenvalue weighted by Crippen LogP contribution is 2.15. The molecule has 1 N–H and O–H groups in total. The fourth-order valence-electron chi connectivity index (χ4n) is 1.27. The van der Waals surface area contributed by atoms with Crippen LogP contribution in [0.25, 0.3) is 11.0 Å². The van der Waals surface area contributed by atoms with Crippen molar-refractivity contribution in [2.75, 3.05) is 0 Å². The van der Waals surface area contributed by atoms with Crippen LogP contribution >= 0.6 is 10.7 Å². The number of hydrogen-bond donors (Lipinski definition) is 1. The number of aromatic amines is 1.